The number of hydrogen-bond acceptors (Lipinski definition) is 1. The molecule has 0 aromatic heterocycles. The third-order valence-corrected chi connectivity index (χ3v) is 2.40. The Morgan fingerprint density at radius 1 is 0.923 bits per heavy atom. The van der Waals surface area contributed by atoms with E-state index >= 15 is 0 Å². The summed E-state index contributed by atoms with van der Waals surface area (Å²) in [5.74, 6) is 0. The molecule has 0 aliphatic carbocycles. The van der Waals surface area contributed by atoms with Gasteiger partial charge in [-0.1, -0.05) is 0 Å². The quantitative estimate of drug-likeness (QED) is 0.570. The maximum absolute atomic E-state index is 5.55. The average molecular weight is 360 g/mol. The Balaban J connectivity index is 0. The van der Waals surface area contributed by atoms with E-state index in [4.69, 9.17) is 78.3 Å². The van der Waals surface area contributed by atoms with Gasteiger partial charge in [0.1, 0.15) is 0 Å². The van der Waals surface area contributed by atoms with Gasteiger partial charge in [0.05, 0.1) is 0 Å². The van der Waals surface area contributed by atoms with Crippen LogP contribution in [0, 0.1) is 0 Å². The summed E-state index contributed by atoms with van der Waals surface area (Å²) >= 11 is 37.3. The first-order valence-electron chi connectivity index (χ1n) is 2.92. The summed E-state index contributed by atoms with van der Waals surface area (Å²) in [5, 5.41) is 0. The average Bonchev–Trinajstić information content (AvgIpc) is 1.47. The first kappa shape index (κ1) is 17.9. The SMILES string of the molecule is C[Si](Cl)(Cl)Cl.C[Si](Cl)(Cl)NB(Cl)Cl. The van der Waals surface area contributed by atoms with Crippen molar-refractivity contribution in [2.45, 2.75) is 13.1 Å². The van der Waals surface area contributed by atoms with Crippen molar-refractivity contribution in [1.29, 1.82) is 0 Å². The van der Waals surface area contributed by atoms with Crippen molar-refractivity contribution < 1.29 is 0 Å². The summed E-state index contributed by atoms with van der Waals surface area (Å²) in [4.78, 5) is 2.58. The molecule has 0 aliphatic rings. The van der Waals surface area contributed by atoms with Crippen LogP contribution in [0.4, 0.5) is 0 Å². The molecule has 0 bridgehead atoms. The predicted octanol–water partition coefficient (Wildman–Crippen LogP) is 4.36. The maximum atomic E-state index is 5.55. The molecule has 1 N–H and O–H groups in total. The molecular weight excluding hydrogens is 353 g/mol. The summed E-state index contributed by atoms with van der Waals surface area (Å²) in [6, 6.07) is -2.19. The second-order valence-corrected chi connectivity index (χ2v) is 20.5. The second kappa shape index (κ2) is 7.71. The second-order valence-electron chi connectivity index (χ2n) is 2.11. The van der Waals surface area contributed by atoms with Gasteiger partial charge in [-0.05, 0) is 13.1 Å². The van der Waals surface area contributed by atoms with Crippen molar-refractivity contribution >= 4 is 96.9 Å². The van der Waals surface area contributed by atoms with Gasteiger partial charge in [0, 0.05) is 0 Å². The molecule has 0 spiro atoms. The highest BCUT2D eigenvalue weighted by Crippen LogP contribution is 2.17. The fraction of sp³-hybridized carbons (Fsp3) is 1.00. The fourth-order valence-corrected chi connectivity index (χ4v) is 3.21. The monoisotopic (exact) mass is 357 g/mol. The van der Waals surface area contributed by atoms with E-state index in [1.807, 2.05) is 0 Å². The molecular formula is C2H7BCl7NSi2. The molecule has 0 aromatic rings. The van der Waals surface area contributed by atoms with Crippen LogP contribution in [-0.4, -0.2) is 18.5 Å². The lowest BCUT2D eigenvalue weighted by Crippen LogP contribution is -2.42. The first-order valence-corrected chi connectivity index (χ1v) is 13.9. The first-order chi connectivity index (χ1) is 5.42. The van der Waals surface area contributed by atoms with Crippen LogP contribution >= 0.6 is 78.3 Å². The van der Waals surface area contributed by atoms with Gasteiger partial charge >= 0.3 is 18.5 Å². The Labute approximate surface area is 114 Å². The highest BCUT2D eigenvalue weighted by molar-refractivity contribution is 7.64. The van der Waals surface area contributed by atoms with E-state index in [9.17, 15) is 0 Å². The Hall–Kier alpha value is 2.49. The third kappa shape index (κ3) is 40.3. The van der Waals surface area contributed by atoms with Gasteiger partial charge in [-0.25, -0.2) is 0 Å². The molecule has 0 aliphatic heterocycles. The lowest BCUT2D eigenvalue weighted by Gasteiger charge is -2.09. The fourth-order valence-electron chi connectivity index (χ4n) is 0.192. The minimum Gasteiger partial charge on any atom is -0.327 e. The topological polar surface area (TPSA) is 12.0 Å². The molecule has 0 rings (SSSR count). The zero-order chi connectivity index (χ0) is 11.3. The molecule has 80 valence electrons. The van der Waals surface area contributed by atoms with Gasteiger partial charge in [0.2, 0.25) is 0 Å². The summed E-state index contributed by atoms with van der Waals surface area (Å²) < 4.78 is 0. The Morgan fingerprint density at radius 2 is 1.15 bits per heavy atom. The van der Waals surface area contributed by atoms with Crippen LogP contribution in [0.15, 0.2) is 0 Å². The molecule has 0 atom stereocenters. The highest BCUT2D eigenvalue weighted by Gasteiger charge is 2.25. The zero-order valence-corrected chi connectivity index (χ0v) is 14.0. The van der Waals surface area contributed by atoms with Gasteiger partial charge < -0.3 is 4.89 Å². The van der Waals surface area contributed by atoms with Crippen molar-refractivity contribution in [3.05, 3.63) is 0 Å². The van der Waals surface area contributed by atoms with Crippen LogP contribution in [0.25, 0.3) is 0 Å². The van der Waals surface area contributed by atoms with Crippen molar-refractivity contribution in [2.75, 3.05) is 0 Å². The molecule has 11 heteroatoms. The van der Waals surface area contributed by atoms with E-state index in [1.54, 1.807) is 13.1 Å². The molecule has 0 amide bonds. The molecule has 0 aromatic carbocycles. The molecule has 0 fully saturated rings. The highest BCUT2D eigenvalue weighted by atomic mass is 35.8. The normalized spacial score (nSPS) is 11.8. The van der Waals surface area contributed by atoms with E-state index < -0.39 is 18.5 Å². The number of rotatable bonds is 2. The van der Waals surface area contributed by atoms with Crippen LogP contribution in [-0.2, 0) is 0 Å². The van der Waals surface area contributed by atoms with Gasteiger partial charge in [0.25, 0.3) is 0 Å². The number of hydrogen-bond donors (Lipinski definition) is 1. The summed E-state index contributed by atoms with van der Waals surface area (Å²) in [6.45, 7) is 1.01. The van der Waals surface area contributed by atoms with Crippen molar-refractivity contribution in [3.8, 4) is 0 Å². The van der Waals surface area contributed by atoms with Crippen molar-refractivity contribution in [1.82, 2.24) is 4.89 Å². The predicted molar refractivity (Wildman–Crippen MR) is 73.1 cm³/mol. The lowest BCUT2D eigenvalue weighted by molar-refractivity contribution is 1.56. The number of nitrogens with one attached hydrogen (secondary N) is 1. The molecule has 0 unspecified atom stereocenters. The Morgan fingerprint density at radius 3 is 1.15 bits per heavy atom. The summed E-state index contributed by atoms with van der Waals surface area (Å²) in [7, 11) is 0. The van der Waals surface area contributed by atoms with Gasteiger partial charge in [-0.2, -0.15) is 0 Å². The van der Waals surface area contributed by atoms with Gasteiger partial charge in [-0.15, -0.1) is 78.3 Å². The Bertz CT molecular complexity index is 125. The van der Waals surface area contributed by atoms with Crippen LogP contribution in [0.5, 0.6) is 0 Å². The van der Waals surface area contributed by atoms with Crippen molar-refractivity contribution in [3.63, 3.8) is 0 Å². The maximum Gasteiger partial charge on any atom is 0.426 e. The zero-order valence-electron chi connectivity index (χ0n) is 6.72. The molecule has 1 nitrogen and oxygen atoms in total. The lowest BCUT2D eigenvalue weighted by atomic mass is 10.4. The van der Waals surface area contributed by atoms with Crippen LogP contribution < -0.4 is 4.89 Å². The summed E-state index contributed by atoms with van der Waals surface area (Å²) in [5.41, 5.74) is -0.665. The standard InChI is InChI=1S/CH4BCl4NSi.CH3Cl3Si/c1-8(5,6)7-2(3)4;1-5(2,3)4/h7H,1H3;1H3. The van der Waals surface area contributed by atoms with E-state index in [-0.39, 0.29) is 0 Å². The molecule has 0 heterocycles. The van der Waals surface area contributed by atoms with Crippen LogP contribution in [0.3, 0.4) is 0 Å². The van der Waals surface area contributed by atoms with E-state index in [1.165, 1.54) is 0 Å². The smallest absolute Gasteiger partial charge is 0.327 e. The van der Waals surface area contributed by atoms with E-state index in [2.05, 4.69) is 4.89 Å². The van der Waals surface area contributed by atoms with Crippen LogP contribution in [0.1, 0.15) is 0 Å². The minimum atomic E-state index is -2.29. The number of halogens is 7. The van der Waals surface area contributed by atoms with E-state index in [0.29, 0.717) is 0 Å². The van der Waals surface area contributed by atoms with Crippen LogP contribution in [0.2, 0.25) is 13.1 Å². The Kier molecular flexibility index (Phi) is 10.6. The minimum absolute atomic E-state index is 0.665. The van der Waals surface area contributed by atoms with E-state index in [0.717, 1.165) is 0 Å². The van der Waals surface area contributed by atoms with Gasteiger partial charge in [0.15, 0.2) is 0 Å². The molecule has 13 heavy (non-hydrogen) atoms. The molecule has 0 saturated heterocycles. The third-order valence-electron chi connectivity index (χ3n) is 0.363. The van der Waals surface area contributed by atoms with Crippen molar-refractivity contribution in [2.24, 2.45) is 0 Å². The van der Waals surface area contributed by atoms with Gasteiger partial charge in [-0.3, -0.25) is 0 Å². The largest absolute Gasteiger partial charge is 0.426 e. The molecule has 0 saturated carbocycles. The molecule has 0 radical (unpaired) electrons. The summed E-state index contributed by atoms with van der Waals surface area (Å²) in [6.07, 6.45) is 0.